The van der Waals surface area contributed by atoms with Gasteiger partial charge in [-0.2, -0.15) is 4.31 Å². The highest BCUT2D eigenvalue weighted by Gasteiger charge is 2.26. The smallest absolute Gasteiger partial charge is 0.243 e. The fourth-order valence-corrected chi connectivity index (χ4v) is 5.28. The molecule has 2 heterocycles. The van der Waals surface area contributed by atoms with Gasteiger partial charge in [-0.1, -0.05) is 43.2 Å². The van der Waals surface area contributed by atoms with E-state index in [4.69, 9.17) is 0 Å². The molecule has 0 spiro atoms. The van der Waals surface area contributed by atoms with Crippen LogP contribution in [0.3, 0.4) is 0 Å². The summed E-state index contributed by atoms with van der Waals surface area (Å²) in [6.45, 7) is 1.12. The highest BCUT2D eigenvalue weighted by molar-refractivity contribution is 7.89. The van der Waals surface area contributed by atoms with Gasteiger partial charge >= 0.3 is 0 Å². The van der Waals surface area contributed by atoms with Crippen LogP contribution in [0.2, 0.25) is 0 Å². The molecule has 1 N–H and O–H groups in total. The molecule has 27 heavy (non-hydrogen) atoms. The number of benzene rings is 2. The van der Waals surface area contributed by atoms with Crippen LogP contribution in [0.15, 0.2) is 53.4 Å². The summed E-state index contributed by atoms with van der Waals surface area (Å²) >= 11 is 0. The SMILES string of the molecule is O=Cc1c(-c2ccccc2)[nH]c2ccc(S(=O)(=O)N3CCCCCC3)cc12. The maximum atomic E-state index is 13.1. The van der Waals surface area contributed by atoms with Crippen molar-refractivity contribution in [2.24, 2.45) is 0 Å². The van der Waals surface area contributed by atoms with Crippen LogP contribution < -0.4 is 0 Å². The van der Waals surface area contributed by atoms with Crippen molar-refractivity contribution in [2.45, 2.75) is 30.6 Å². The van der Waals surface area contributed by atoms with Crippen molar-refractivity contribution in [3.63, 3.8) is 0 Å². The van der Waals surface area contributed by atoms with Gasteiger partial charge in [0.05, 0.1) is 10.6 Å². The Morgan fingerprint density at radius 1 is 0.926 bits per heavy atom. The Hall–Kier alpha value is -2.44. The third kappa shape index (κ3) is 3.31. The van der Waals surface area contributed by atoms with E-state index in [0.29, 0.717) is 29.7 Å². The summed E-state index contributed by atoms with van der Waals surface area (Å²) in [5.74, 6) is 0. The van der Waals surface area contributed by atoms with E-state index in [0.717, 1.165) is 43.0 Å². The highest BCUT2D eigenvalue weighted by atomic mass is 32.2. The lowest BCUT2D eigenvalue weighted by molar-refractivity contribution is 0.112. The van der Waals surface area contributed by atoms with E-state index in [-0.39, 0.29) is 4.90 Å². The largest absolute Gasteiger partial charge is 0.354 e. The number of aromatic amines is 1. The summed E-state index contributed by atoms with van der Waals surface area (Å²) in [6, 6.07) is 14.6. The lowest BCUT2D eigenvalue weighted by atomic mass is 10.1. The minimum Gasteiger partial charge on any atom is -0.354 e. The van der Waals surface area contributed by atoms with Crippen molar-refractivity contribution in [2.75, 3.05) is 13.1 Å². The van der Waals surface area contributed by atoms with Crippen LogP contribution in [-0.4, -0.2) is 37.1 Å². The zero-order valence-electron chi connectivity index (χ0n) is 15.0. The number of fused-ring (bicyclic) bond motifs is 1. The Morgan fingerprint density at radius 2 is 1.63 bits per heavy atom. The Balaban J connectivity index is 1.81. The molecule has 4 rings (SSSR count). The number of H-pyrrole nitrogens is 1. The molecular weight excluding hydrogens is 360 g/mol. The zero-order valence-corrected chi connectivity index (χ0v) is 15.8. The van der Waals surface area contributed by atoms with Crippen molar-refractivity contribution >= 4 is 27.2 Å². The molecule has 0 radical (unpaired) electrons. The molecule has 5 nitrogen and oxygen atoms in total. The molecule has 1 fully saturated rings. The van der Waals surface area contributed by atoms with Gasteiger partial charge in [-0.25, -0.2) is 8.42 Å². The second kappa shape index (κ2) is 7.29. The number of nitrogens with one attached hydrogen (secondary N) is 1. The number of aromatic nitrogens is 1. The first kappa shape index (κ1) is 17.9. The molecule has 0 unspecified atom stereocenters. The van der Waals surface area contributed by atoms with E-state index in [1.807, 2.05) is 30.3 Å². The normalized spacial score (nSPS) is 16.3. The molecule has 3 aromatic rings. The molecule has 0 amide bonds. The van der Waals surface area contributed by atoms with Crippen LogP contribution in [0.4, 0.5) is 0 Å². The lowest BCUT2D eigenvalue weighted by Gasteiger charge is -2.20. The van der Waals surface area contributed by atoms with Gasteiger partial charge in [-0.05, 0) is 36.6 Å². The lowest BCUT2D eigenvalue weighted by Crippen LogP contribution is -2.31. The van der Waals surface area contributed by atoms with Gasteiger partial charge in [0.2, 0.25) is 10.0 Å². The standard InChI is InChI=1S/C21H22N2O3S/c24-15-19-18-14-17(27(25,26)23-12-6-1-2-7-13-23)10-11-20(18)22-21(19)16-8-4-3-5-9-16/h3-5,8-11,14-15,22H,1-2,6-7,12-13H2. The predicted octanol–water partition coefficient (Wildman–Crippen LogP) is 4.21. The van der Waals surface area contributed by atoms with Crippen LogP contribution in [0, 0.1) is 0 Å². The van der Waals surface area contributed by atoms with Crippen molar-refractivity contribution in [3.05, 3.63) is 54.1 Å². The third-order valence-corrected chi connectivity index (χ3v) is 7.09. The number of hydrogen-bond acceptors (Lipinski definition) is 3. The minimum atomic E-state index is -3.55. The van der Waals surface area contributed by atoms with Crippen molar-refractivity contribution < 1.29 is 13.2 Å². The van der Waals surface area contributed by atoms with E-state index < -0.39 is 10.0 Å². The van der Waals surface area contributed by atoms with Gasteiger partial charge < -0.3 is 4.98 Å². The van der Waals surface area contributed by atoms with E-state index in [1.165, 1.54) is 0 Å². The first-order chi connectivity index (χ1) is 13.1. The Morgan fingerprint density at radius 3 is 2.30 bits per heavy atom. The molecule has 1 aliphatic heterocycles. The molecule has 140 valence electrons. The minimum absolute atomic E-state index is 0.249. The summed E-state index contributed by atoms with van der Waals surface area (Å²) < 4.78 is 27.8. The summed E-state index contributed by atoms with van der Waals surface area (Å²) in [6.07, 6.45) is 4.72. The van der Waals surface area contributed by atoms with Crippen LogP contribution in [0.5, 0.6) is 0 Å². The second-order valence-electron chi connectivity index (χ2n) is 6.92. The zero-order chi connectivity index (χ0) is 18.9. The van der Waals surface area contributed by atoms with Crippen molar-refractivity contribution in [1.82, 2.24) is 9.29 Å². The molecule has 1 aliphatic rings. The molecule has 1 saturated heterocycles. The summed E-state index contributed by atoms with van der Waals surface area (Å²) in [7, 11) is -3.55. The Kier molecular flexibility index (Phi) is 4.85. The number of nitrogens with zero attached hydrogens (tertiary/aromatic N) is 1. The molecule has 0 aliphatic carbocycles. The number of rotatable bonds is 4. The summed E-state index contributed by atoms with van der Waals surface area (Å²) in [4.78, 5) is 15.3. The Labute approximate surface area is 159 Å². The molecule has 0 bridgehead atoms. The molecule has 2 aromatic carbocycles. The second-order valence-corrected chi connectivity index (χ2v) is 8.86. The summed E-state index contributed by atoms with van der Waals surface area (Å²) in [5, 5.41) is 0.639. The fourth-order valence-electron chi connectivity index (χ4n) is 3.74. The first-order valence-electron chi connectivity index (χ1n) is 9.28. The molecular formula is C21H22N2O3S. The van der Waals surface area contributed by atoms with Gasteiger partial charge in [0.1, 0.15) is 0 Å². The topological polar surface area (TPSA) is 70.2 Å². The summed E-state index contributed by atoms with van der Waals surface area (Å²) in [5.41, 5.74) is 2.85. The average Bonchev–Trinajstić information content (AvgIpc) is 2.85. The maximum absolute atomic E-state index is 13.1. The van der Waals surface area contributed by atoms with Crippen LogP contribution in [-0.2, 0) is 10.0 Å². The van der Waals surface area contributed by atoms with E-state index >= 15 is 0 Å². The van der Waals surface area contributed by atoms with Crippen LogP contribution in [0.1, 0.15) is 36.0 Å². The van der Waals surface area contributed by atoms with Crippen molar-refractivity contribution in [3.8, 4) is 11.3 Å². The van der Waals surface area contributed by atoms with Crippen molar-refractivity contribution in [1.29, 1.82) is 0 Å². The predicted molar refractivity (Wildman–Crippen MR) is 106 cm³/mol. The monoisotopic (exact) mass is 382 g/mol. The van der Waals surface area contributed by atoms with Gasteiger partial charge in [-0.15, -0.1) is 0 Å². The molecule has 0 saturated carbocycles. The fraction of sp³-hybridized carbons (Fsp3) is 0.286. The van der Waals surface area contributed by atoms with Gasteiger partial charge in [0, 0.05) is 29.6 Å². The quantitative estimate of drug-likeness (QED) is 0.687. The number of carbonyl (C=O) groups excluding carboxylic acids is 1. The molecule has 6 heteroatoms. The highest BCUT2D eigenvalue weighted by Crippen LogP contribution is 2.31. The maximum Gasteiger partial charge on any atom is 0.243 e. The van der Waals surface area contributed by atoms with E-state index in [2.05, 4.69) is 4.98 Å². The number of carbonyl (C=O) groups is 1. The van der Waals surface area contributed by atoms with Gasteiger partial charge in [0.15, 0.2) is 6.29 Å². The average molecular weight is 382 g/mol. The van der Waals surface area contributed by atoms with E-state index in [9.17, 15) is 13.2 Å². The number of hydrogen-bond donors (Lipinski definition) is 1. The van der Waals surface area contributed by atoms with Gasteiger partial charge in [-0.3, -0.25) is 4.79 Å². The van der Waals surface area contributed by atoms with E-state index in [1.54, 1.807) is 22.5 Å². The van der Waals surface area contributed by atoms with Crippen LogP contribution >= 0.6 is 0 Å². The Bertz CT molecular complexity index is 1060. The van der Waals surface area contributed by atoms with Crippen LogP contribution in [0.25, 0.3) is 22.2 Å². The number of aldehydes is 1. The first-order valence-corrected chi connectivity index (χ1v) is 10.7. The molecule has 1 aromatic heterocycles. The van der Waals surface area contributed by atoms with Gasteiger partial charge in [0.25, 0.3) is 0 Å². The number of sulfonamides is 1. The molecule has 0 atom stereocenters. The third-order valence-electron chi connectivity index (χ3n) is 5.19.